The summed E-state index contributed by atoms with van der Waals surface area (Å²) in [5, 5.41) is 13.6. The van der Waals surface area contributed by atoms with Gasteiger partial charge in [-0.05, 0) is 18.9 Å². The van der Waals surface area contributed by atoms with Gasteiger partial charge in [-0.15, -0.1) is 22.7 Å². The summed E-state index contributed by atoms with van der Waals surface area (Å²) < 4.78 is 5.73. The molecule has 2 heterocycles. The lowest BCUT2D eigenvalue weighted by Gasteiger charge is -2.24. The van der Waals surface area contributed by atoms with E-state index in [2.05, 4.69) is 4.98 Å². The molecule has 3 rings (SSSR count). The van der Waals surface area contributed by atoms with Crippen molar-refractivity contribution in [3.63, 3.8) is 0 Å². The van der Waals surface area contributed by atoms with Crippen molar-refractivity contribution in [2.75, 3.05) is 7.11 Å². The second-order valence-corrected chi connectivity index (χ2v) is 6.72. The van der Waals surface area contributed by atoms with Crippen LogP contribution in [0.2, 0.25) is 0 Å². The van der Waals surface area contributed by atoms with E-state index in [0.717, 1.165) is 28.4 Å². The second-order valence-electron chi connectivity index (χ2n) is 4.95. The van der Waals surface area contributed by atoms with Gasteiger partial charge in [0.1, 0.15) is 10.6 Å². The summed E-state index contributed by atoms with van der Waals surface area (Å²) in [5.41, 5.74) is 0.947. The van der Waals surface area contributed by atoms with Gasteiger partial charge in [-0.3, -0.25) is 0 Å². The Morgan fingerprint density at radius 1 is 1.35 bits per heavy atom. The number of carbonyl (C=O) groups is 1. The predicted octanol–water partition coefficient (Wildman–Crippen LogP) is 3.99. The van der Waals surface area contributed by atoms with E-state index in [0.29, 0.717) is 5.56 Å². The Bertz CT molecular complexity index is 626. The van der Waals surface area contributed by atoms with Crippen LogP contribution in [0.4, 0.5) is 0 Å². The number of thiazole rings is 1. The molecule has 0 aliphatic heterocycles. The molecule has 1 aliphatic carbocycles. The summed E-state index contributed by atoms with van der Waals surface area (Å²) in [6.07, 6.45) is 4.37. The molecule has 0 saturated heterocycles. The van der Waals surface area contributed by atoms with Crippen molar-refractivity contribution < 1.29 is 14.6 Å². The first-order valence-electron chi connectivity index (χ1n) is 6.48. The van der Waals surface area contributed by atoms with Crippen LogP contribution in [-0.4, -0.2) is 23.2 Å². The number of thiophene rings is 1. The van der Waals surface area contributed by atoms with Crippen molar-refractivity contribution in [2.24, 2.45) is 0 Å². The Hall–Kier alpha value is -1.24. The molecule has 0 bridgehead atoms. The number of aromatic nitrogens is 1. The molecular weight excluding hydrogens is 294 g/mol. The number of hydrogen-bond donors (Lipinski definition) is 1. The molecule has 20 heavy (non-hydrogen) atoms. The van der Waals surface area contributed by atoms with E-state index in [1.807, 2.05) is 5.38 Å². The lowest BCUT2D eigenvalue weighted by molar-refractivity contribution is -0.00879. The van der Waals surface area contributed by atoms with Crippen LogP contribution in [0.1, 0.15) is 41.0 Å². The minimum absolute atomic E-state index is 0.226. The number of carboxylic acid groups (broad SMARTS) is 1. The van der Waals surface area contributed by atoms with Crippen LogP contribution in [0, 0.1) is 0 Å². The fourth-order valence-electron chi connectivity index (χ4n) is 2.63. The Morgan fingerprint density at radius 2 is 2.10 bits per heavy atom. The lowest BCUT2D eigenvalue weighted by atomic mass is 10.0. The molecule has 1 aliphatic rings. The summed E-state index contributed by atoms with van der Waals surface area (Å²) in [4.78, 5) is 16.5. The molecule has 0 aromatic carbocycles. The number of methoxy groups -OCH3 is 1. The summed E-state index contributed by atoms with van der Waals surface area (Å²) in [6.45, 7) is 0. The first kappa shape index (κ1) is 13.7. The van der Waals surface area contributed by atoms with Crippen LogP contribution in [-0.2, 0) is 10.3 Å². The standard InChI is InChI=1S/C14H15NO3S2/c1-18-14(4-2-3-5-14)13-15-10(8-20-13)11-6-9(7-19-11)12(16)17/h6-8H,2-5H2,1H3,(H,16,17). The lowest BCUT2D eigenvalue weighted by Crippen LogP contribution is -2.23. The Kier molecular flexibility index (Phi) is 3.62. The molecular formula is C14H15NO3S2. The van der Waals surface area contributed by atoms with Crippen molar-refractivity contribution in [1.29, 1.82) is 0 Å². The number of ether oxygens (including phenoxy) is 1. The van der Waals surface area contributed by atoms with Gasteiger partial charge in [0.15, 0.2) is 0 Å². The highest BCUT2D eigenvalue weighted by Crippen LogP contribution is 2.44. The third kappa shape index (κ3) is 2.28. The molecule has 1 N–H and O–H groups in total. The molecule has 4 nitrogen and oxygen atoms in total. The Balaban J connectivity index is 1.91. The van der Waals surface area contributed by atoms with Gasteiger partial charge in [-0.2, -0.15) is 0 Å². The van der Waals surface area contributed by atoms with Crippen LogP contribution in [0.15, 0.2) is 16.8 Å². The van der Waals surface area contributed by atoms with Gasteiger partial charge in [-0.25, -0.2) is 9.78 Å². The van der Waals surface area contributed by atoms with E-state index in [1.165, 1.54) is 24.2 Å². The fraction of sp³-hybridized carbons (Fsp3) is 0.429. The largest absolute Gasteiger partial charge is 0.478 e. The normalized spacial score (nSPS) is 17.4. The Labute approximate surface area is 125 Å². The van der Waals surface area contributed by atoms with E-state index in [4.69, 9.17) is 9.84 Å². The van der Waals surface area contributed by atoms with Gasteiger partial charge in [0, 0.05) is 17.9 Å². The highest BCUT2D eigenvalue weighted by Gasteiger charge is 2.38. The first-order valence-corrected chi connectivity index (χ1v) is 8.24. The summed E-state index contributed by atoms with van der Waals surface area (Å²) >= 11 is 3.02. The zero-order valence-electron chi connectivity index (χ0n) is 11.1. The molecule has 6 heteroatoms. The topological polar surface area (TPSA) is 59.4 Å². The van der Waals surface area contributed by atoms with E-state index in [9.17, 15) is 4.79 Å². The van der Waals surface area contributed by atoms with Crippen molar-refractivity contribution in [3.05, 3.63) is 27.4 Å². The summed E-state index contributed by atoms with van der Waals surface area (Å²) in [7, 11) is 1.75. The number of rotatable bonds is 4. The maximum Gasteiger partial charge on any atom is 0.336 e. The second kappa shape index (κ2) is 5.27. The average Bonchev–Trinajstić information content (AvgIpc) is 3.18. The van der Waals surface area contributed by atoms with Crippen LogP contribution < -0.4 is 0 Å². The van der Waals surface area contributed by atoms with Gasteiger partial charge < -0.3 is 9.84 Å². The first-order chi connectivity index (χ1) is 9.64. The molecule has 1 saturated carbocycles. The third-order valence-electron chi connectivity index (χ3n) is 3.79. The molecule has 1 fully saturated rings. The molecule has 0 atom stereocenters. The monoisotopic (exact) mass is 309 g/mol. The zero-order valence-corrected chi connectivity index (χ0v) is 12.7. The third-order valence-corrected chi connectivity index (χ3v) is 5.78. The predicted molar refractivity (Wildman–Crippen MR) is 79.5 cm³/mol. The van der Waals surface area contributed by atoms with Crippen LogP contribution in [0.5, 0.6) is 0 Å². The van der Waals surface area contributed by atoms with Crippen LogP contribution in [0.25, 0.3) is 10.6 Å². The molecule has 106 valence electrons. The van der Waals surface area contributed by atoms with E-state index in [1.54, 1.807) is 29.9 Å². The maximum absolute atomic E-state index is 10.9. The van der Waals surface area contributed by atoms with Gasteiger partial charge in [-0.1, -0.05) is 12.8 Å². The Morgan fingerprint density at radius 3 is 2.70 bits per heavy atom. The number of carboxylic acids is 1. The minimum Gasteiger partial charge on any atom is -0.478 e. The number of hydrogen-bond acceptors (Lipinski definition) is 5. The number of aromatic carboxylic acids is 1. The van der Waals surface area contributed by atoms with Gasteiger partial charge in [0.05, 0.1) is 16.1 Å². The summed E-state index contributed by atoms with van der Waals surface area (Å²) in [5.74, 6) is -0.896. The highest BCUT2D eigenvalue weighted by atomic mass is 32.1. The summed E-state index contributed by atoms with van der Waals surface area (Å²) in [6, 6.07) is 1.68. The zero-order chi connectivity index (χ0) is 14.2. The maximum atomic E-state index is 10.9. The molecule has 0 radical (unpaired) electrons. The molecule has 0 unspecified atom stereocenters. The quantitative estimate of drug-likeness (QED) is 0.928. The highest BCUT2D eigenvalue weighted by molar-refractivity contribution is 7.14. The van der Waals surface area contributed by atoms with Gasteiger partial charge in [0.2, 0.25) is 0 Å². The molecule has 2 aromatic rings. The van der Waals surface area contributed by atoms with Crippen molar-refractivity contribution in [3.8, 4) is 10.6 Å². The SMILES string of the molecule is COC1(c2nc(-c3cc(C(=O)O)cs3)cs2)CCCC1. The van der Waals surface area contributed by atoms with E-state index >= 15 is 0 Å². The van der Waals surface area contributed by atoms with E-state index < -0.39 is 5.97 Å². The van der Waals surface area contributed by atoms with Gasteiger partial charge >= 0.3 is 5.97 Å². The molecule has 0 spiro atoms. The fourth-order valence-corrected chi connectivity index (χ4v) is 4.60. The van der Waals surface area contributed by atoms with Crippen LogP contribution in [0.3, 0.4) is 0 Å². The minimum atomic E-state index is -0.896. The average molecular weight is 309 g/mol. The number of nitrogens with zero attached hydrogens (tertiary/aromatic N) is 1. The van der Waals surface area contributed by atoms with Gasteiger partial charge in [0.25, 0.3) is 0 Å². The molecule has 2 aromatic heterocycles. The smallest absolute Gasteiger partial charge is 0.336 e. The van der Waals surface area contributed by atoms with Crippen LogP contribution >= 0.6 is 22.7 Å². The van der Waals surface area contributed by atoms with E-state index in [-0.39, 0.29) is 5.60 Å². The van der Waals surface area contributed by atoms with Crippen molar-refractivity contribution in [1.82, 2.24) is 4.98 Å². The van der Waals surface area contributed by atoms with Crippen molar-refractivity contribution >= 4 is 28.6 Å². The molecule has 0 amide bonds. The van der Waals surface area contributed by atoms with Crippen molar-refractivity contribution in [2.45, 2.75) is 31.3 Å².